The van der Waals surface area contributed by atoms with Crippen molar-refractivity contribution in [1.82, 2.24) is 29.5 Å². The van der Waals surface area contributed by atoms with E-state index in [4.69, 9.17) is 4.74 Å². The number of amides is 1. The predicted octanol–water partition coefficient (Wildman–Crippen LogP) is 5.34. The van der Waals surface area contributed by atoms with Crippen LogP contribution in [0.1, 0.15) is 65.9 Å². The van der Waals surface area contributed by atoms with Gasteiger partial charge in [-0.1, -0.05) is 6.07 Å². The average Bonchev–Trinajstić information content (AvgIpc) is 3.74. The number of anilines is 1. The number of rotatable bonds is 9. The van der Waals surface area contributed by atoms with Crippen LogP contribution in [0.2, 0.25) is 0 Å². The molecule has 6 rings (SSSR count). The van der Waals surface area contributed by atoms with Crippen LogP contribution >= 0.6 is 11.3 Å². The van der Waals surface area contributed by atoms with E-state index in [9.17, 15) is 4.79 Å². The van der Waals surface area contributed by atoms with Crippen LogP contribution in [0, 0.1) is 6.92 Å². The number of nitrogens with zero attached hydrogens (tertiary/aromatic N) is 6. The van der Waals surface area contributed by atoms with E-state index in [2.05, 4.69) is 57.3 Å². The third-order valence-corrected chi connectivity index (χ3v) is 9.22. The van der Waals surface area contributed by atoms with Crippen LogP contribution in [-0.2, 0) is 13.1 Å². The van der Waals surface area contributed by atoms with Crippen molar-refractivity contribution in [3.8, 4) is 5.75 Å². The summed E-state index contributed by atoms with van der Waals surface area (Å²) in [5.74, 6) is 1.91. The van der Waals surface area contributed by atoms with E-state index in [1.807, 2.05) is 35.0 Å². The average molecular weight is 574 g/mol. The molecule has 1 N–H and O–H groups in total. The van der Waals surface area contributed by atoms with Gasteiger partial charge in [0.2, 0.25) is 0 Å². The van der Waals surface area contributed by atoms with Gasteiger partial charge < -0.3 is 15.0 Å². The van der Waals surface area contributed by atoms with Crippen LogP contribution in [-0.4, -0.2) is 73.8 Å². The molecule has 1 amide bonds. The summed E-state index contributed by atoms with van der Waals surface area (Å²) in [4.78, 5) is 28.4. The lowest BCUT2D eigenvalue weighted by molar-refractivity contribution is 0.0797. The van der Waals surface area contributed by atoms with Crippen LogP contribution in [0.25, 0.3) is 10.2 Å². The summed E-state index contributed by atoms with van der Waals surface area (Å²) in [6.07, 6.45) is 9.77. The largest absolute Gasteiger partial charge is 0.491 e. The van der Waals surface area contributed by atoms with Crippen molar-refractivity contribution in [3.63, 3.8) is 0 Å². The third kappa shape index (κ3) is 6.23. The Balaban J connectivity index is 1.10. The number of hydrogen-bond donors (Lipinski definition) is 1. The molecule has 3 aromatic heterocycles. The Morgan fingerprint density at radius 1 is 1.12 bits per heavy atom. The van der Waals surface area contributed by atoms with E-state index in [1.54, 1.807) is 6.33 Å². The number of hydrogen-bond acceptors (Lipinski definition) is 8. The maximum Gasteiger partial charge on any atom is 0.264 e. The van der Waals surface area contributed by atoms with Gasteiger partial charge in [0.25, 0.3) is 5.91 Å². The number of carbonyl (C=O) groups excluding carboxylic acids is 1. The Labute approximate surface area is 245 Å². The molecular weight excluding hydrogens is 534 g/mol. The number of thiophene rings is 1. The van der Waals surface area contributed by atoms with Crippen LogP contribution in [0.4, 0.5) is 5.82 Å². The van der Waals surface area contributed by atoms with Crippen molar-refractivity contribution in [2.75, 3.05) is 31.5 Å². The third-order valence-electron chi connectivity index (χ3n) is 8.03. The molecule has 0 unspecified atom stereocenters. The maximum absolute atomic E-state index is 13.1. The molecule has 0 bridgehead atoms. The van der Waals surface area contributed by atoms with E-state index in [0.29, 0.717) is 12.6 Å². The first-order valence-electron chi connectivity index (χ1n) is 14.7. The summed E-state index contributed by atoms with van der Waals surface area (Å²) >= 11 is 1.50. The summed E-state index contributed by atoms with van der Waals surface area (Å²) in [5, 5.41) is 9.09. The Bertz CT molecular complexity index is 1490. The molecule has 5 heterocycles. The number of ether oxygens (including phenoxy) is 1. The first-order valence-corrected chi connectivity index (χ1v) is 15.5. The van der Waals surface area contributed by atoms with Crippen LogP contribution in [0.5, 0.6) is 5.75 Å². The lowest BCUT2D eigenvalue weighted by Gasteiger charge is -2.33. The molecule has 1 aromatic carbocycles. The van der Waals surface area contributed by atoms with Crippen molar-refractivity contribution in [2.45, 2.75) is 71.7 Å². The molecular formula is C31H39N7O2S. The summed E-state index contributed by atoms with van der Waals surface area (Å²) < 4.78 is 8.03. The lowest BCUT2D eigenvalue weighted by Crippen LogP contribution is -2.38. The molecule has 0 radical (unpaired) electrons. The molecule has 216 valence electrons. The van der Waals surface area contributed by atoms with Gasteiger partial charge in [-0.2, -0.15) is 5.10 Å². The van der Waals surface area contributed by atoms with E-state index >= 15 is 0 Å². The molecule has 2 fully saturated rings. The Hall–Kier alpha value is -3.50. The second kappa shape index (κ2) is 12.2. The van der Waals surface area contributed by atoms with Gasteiger partial charge >= 0.3 is 0 Å². The van der Waals surface area contributed by atoms with Gasteiger partial charge in [0.05, 0.1) is 22.9 Å². The van der Waals surface area contributed by atoms with Crippen molar-refractivity contribution in [1.29, 1.82) is 0 Å². The summed E-state index contributed by atoms with van der Waals surface area (Å²) in [6, 6.07) is 8.84. The number of benzene rings is 1. The van der Waals surface area contributed by atoms with Crippen molar-refractivity contribution < 1.29 is 9.53 Å². The van der Waals surface area contributed by atoms with E-state index in [1.165, 1.54) is 16.9 Å². The summed E-state index contributed by atoms with van der Waals surface area (Å²) in [5.41, 5.74) is 3.44. The highest BCUT2D eigenvalue weighted by Gasteiger charge is 2.27. The number of fused-ring (bicyclic) bond motifs is 1. The monoisotopic (exact) mass is 573 g/mol. The fourth-order valence-electron chi connectivity index (χ4n) is 5.93. The smallest absolute Gasteiger partial charge is 0.264 e. The first-order chi connectivity index (χ1) is 19.9. The predicted molar refractivity (Wildman–Crippen MR) is 163 cm³/mol. The zero-order valence-electron chi connectivity index (χ0n) is 24.2. The zero-order chi connectivity index (χ0) is 28.3. The van der Waals surface area contributed by atoms with E-state index in [-0.39, 0.29) is 12.0 Å². The molecule has 9 nitrogen and oxygen atoms in total. The molecule has 2 saturated heterocycles. The second-order valence-corrected chi connectivity index (χ2v) is 12.5. The Morgan fingerprint density at radius 3 is 2.66 bits per heavy atom. The van der Waals surface area contributed by atoms with Gasteiger partial charge in [0, 0.05) is 56.7 Å². The SMILES string of the molecule is Cc1c(C(=O)N2CCCC2)sc2ncnc(NC3CCN(Cc4ccc(OC(C)C)c(Cn5cccn5)c4)CC3)c12. The van der Waals surface area contributed by atoms with Crippen LogP contribution in [0.3, 0.4) is 0 Å². The van der Waals surface area contributed by atoms with E-state index < -0.39 is 0 Å². The number of aryl methyl sites for hydroxylation is 1. The van der Waals surface area contributed by atoms with Gasteiger partial charge in [0.1, 0.15) is 22.7 Å². The molecule has 0 atom stereocenters. The van der Waals surface area contributed by atoms with Crippen LogP contribution in [0.15, 0.2) is 43.0 Å². The number of nitrogens with one attached hydrogen (secondary N) is 1. The fraction of sp³-hybridized carbons (Fsp3) is 0.484. The van der Waals surface area contributed by atoms with Gasteiger partial charge in [-0.05, 0) is 75.8 Å². The fourth-order valence-corrected chi connectivity index (χ4v) is 7.04. The van der Waals surface area contributed by atoms with Crippen LogP contribution < -0.4 is 10.1 Å². The minimum absolute atomic E-state index is 0.120. The summed E-state index contributed by atoms with van der Waals surface area (Å²) in [6.45, 7) is 11.5. The highest BCUT2D eigenvalue weighted by atomic mass is 32.1. The van der Waals surface area contributed by atoms with Gasteiger partial charge in [-0.25, -0.2) is 9.97 Å². The molecule has 10 heteroatoms. The number of piperidine rings is 1. The molecule has 41 heavy (non-hydrogen) atoms. The molecule has 2 aliphatic heterocycles. The standard InChI is InChI=1S/C31H39N7O2S/c1-21(2)40-26-8-7-23(17-24(26)19-38-14-6-11-34-38)18-36-15-9-25(10-16-36)35-29-27-22(3)28(41-30(27)33-20-32-29)31(39)37-12-4-5-13-37/h6-8,11,14,17,20-21,25H,4-5,9-10,12-13,15-16,18-19H2,1-3H3,(H,32,33,35). The second-order valence-electron chi connectivity index (χ2n) is 11.5. The minimum Gasteiger partial charge on any atom is -0.491 e. The highest BCUT2D eigenvalue weighted by Crippen LogP contribution is 2.35. The molecule has 2 aliphatic rings. The minimum atomic E-state index is 0.120. The molecule has 0 aliphatic carbocycles. The van der Waals surface area contributed by atoms with E-state index in [0.717, 1.165) is 96.2 Å². The van der Waals surface area contributed by atoms with Crippen molar-refractivity contribution in [3.05, 3.63) is 64.6 Å². The van der Waals surface area contributed by atoms with Gasteiger partial charge in [-0.3, -0.25) is 14.4 Å². The number of likely N-dealkylation sites (tertiary alicyclic amines) is 2. The highest BCUT2D eigenvalue weighted by molar-refractivity contribution is 7.20. The van der Waals surface area contributed by atoms with Gasteiger partial charge in [-0.15, -0.1) is 11.3 Å². The quantitative estimate of drug-likeness (QED) is 0.289. The zero-order valence-corrected chi connectivity index (χ0v) is 25.0. The summed E-state index contributed by atoms with van der Waals surface area (Å²) in [7, 11) is 0. The van der Waals surface area contributed by atoms with Crippen molar-refractivity contribution in [2.24, 2.45) is 0 Å². The molecule has 4 aromatic rings. The number of carbonyl (C=O) groups is 1. The lowest BCUT2D eigenvalue weighted by atomic mass is 10.0. The normalized spacial score (nSPS) is 16.6. The molecule has 0 saturated carbocycles. The number of aromatic nitrogens is 4. The Morgan fingerprint density at radius 2 is 1.93 bits per heavy atom. The maximum atomic E-state index is 13.1. The Kier molecular flexibility index (Phi) is 8.20. The van der Waals surface area contributed by atoms with Crippen molar-refractivity contribution >= 4 is 33.3 Å². The molecule has 0 spiro atoms. The van der Waals surface area contributed by atoms with Gasteiger partial charge in [0.15, 0.2) is 0 Å². The topological polar surface area (TPSA) is 88.4 Å². The first kappa shape index (κ1) is 27.7.